The molecule has 20 heavy (non-hydrogen) atoms. The fourth-order valence-corrected chi connectivity index (χ4v) is 4.04. The Labute approximate surface area is 122 Å². The maximum Gasteiger partial charge on any atom is 0.246 e. The quantitative estimate of drug-likeness (QED) is 0.594. The number of amides is 3. The molecule has 0 bridgehead atoms. The minimum absolute atomic E-state index is 0.00574. The fourth-order valence-electron chi connectivity index (χ4n) is 2.68. The zero-order valence-electron chi connectivity index (χ0n) is 11.4. The van der Waals surface area contributed by atoms with Gasteiger partial charge in [0.05, 0.1) is 11.9 Å². The molecule has 3 unspecified atom stereocenters. The summed E-state index contributed by atoms with van der Waals surface area (Å²) in [6.45, 7) is 0.166. The van der Waals surface area contributed by atoms with Gasteiger partial charge in [-0.25, -0.2) is 0 Å². The average molecular weight is 300 g/mol. The molecule has 8 heteroatoms. The van der Waals surface area contributed by atoms with Gasteiger partial charge in [-0.2, -0.15) is 0 Å². The van der Waals surface area contributed by atoms with Crippen molar-refractivity contribution in [2.75, 3.05) is 19.3 Å². The van der Waals surface area contributed by atoms with Crippen molar-refractivity contribution >= 4 is 29.5 Å². The van der Waals surface area contributed by atoms with Gasteiger partial charge in [-0.3, -0.25) is 14.4 Å². The van der Waals surface area contributed by atoms with Crippen LogP contribution in [0.2, 0.25) is 0 Å². The van der Waals surface area contributed by atoms with E-state index in [-0.39, 0.29) is 23.7 Å². The zero-order valence-corrected chi connectivity index (χ0v) is 12.2. The molecule has 0 aliphatic carbocycles. The first-order valence-corrected chi connectivity index (χ1v) is 7.76. The number of carbonyl (C=O) groups is 3. The second-order valence-corrected chi connectivity index (χ2v) is 6.29. The zero-order chi connectivity index (χ0) is 14.7. The Morgan fingerprint density at radius 3 is 2.80 bits per heavy atom. The van der Waals surface area contributed by atoms with Gasteiger partial charge in [-0.05, 0) is 32.1 Å². The number of nitrogens with two attached hydrogens (primary N) is 1. The summed E-state index contributed by atoms with van der Waals surface area (Å²) in [5.74, 6) is -0.0957. The highest BCUT2D eigenvalue weighted by Crippen LogP contribution is 2.35. The number of hydrogen-bond donors (Lipinski definition) is 3. The second-order valence-electron chi connectivity index (χ2n) is 5.01. The van der Waals surface area contributed by atoms with Gasteiger partial charge >= 0.3 is 0 Å². The van der Waals surface area contributed by atoms with Crippen molar-refractivity contribution in [3.63, 3.8) is 0 Å². The van der Waals surface area contributed by atoms with Gasteiger partial charge in [0.25, 0.3) is 0 Å². The molecule has 2 heterocycles. The summed E-state index contributed by atoms with van der Waals surface area (Å²) >= 11 is 1.65. The molecular formula is C12H20N4O3S. The van der Waals surface area contributed by atoms with Crippen molar-refractivity contribution in [1.29, 1.82) is 0 Å². The fraction of sp³-hybridized carbons (Fsp3) is 0.750. The van der Waals surface area contributed by atoms with Crippen molar-refractivity contribution in [2.24, 2.45) is 5.73 Å². The molecule has 2 aliphatic rings. The molecule has 2 rings (SSSR count). The SMILES string of the molecule is CNCC(=O)NC1CCSC2CCC(C(N)=O)N2C1=O. The van der Waals surface area contributed by atoms with E-state index >= 15 is 0 Å². The summed E-state index contributed by atoms with van der Waals surface area (Å²) in [5.41, 5.74) is 5.37. The number of nitrogens with zero attached hydrogens (tertiary/aromatic N) is 1. The van der Waals surface area contributed by atoms with Crippen LogP contribution in [-0.2, 0) is 14.4 Å². The number of fused-ring (bicyclic) bond motifs is 1. The molecule has 3 amide bonds. The van der Waals surface area contributed by atoms with E-state index in [1.54, 1.807) is 23.7 Å². The molecular weight excluding hydrogens is 280 g/mol. The Balaban J connectivity index is 2.10. The highest BCUT2D eigenvalue weighted by molar-refractivity contribution is 7.99. The van der Waals surface area contributed by atoms with E-state index in [1.165, 1.54) is 0 Å². The Bertz CT molecular complexity index is 418. The third-order valence-corrected chi connectivity index (χ3v) is 4.92. The molecule has 7 nitrogen and oxygen atoms in total. The molecule has 2 fully saturated rings. The molecule has 0 aromatic heterocycles. The lowest BCUT2D eigenvalue weighted by Gasteiger charge is -2.29. The molecule has 112 valence electrons. The van der Waals surface area contributed by atoms with Crippen molar-refractivity contribution < 1.29 is 14.4 Å². The van der Waals surface area contributed by atoms with Crippen LogP contribution < -0.4 is 16.4 Å². The smallest absolute Gasteiger partial charge is 0.246 e. The largest absolute Gasteiger partial charge is 0.368 e. The molecule has 0 aromatic rings. The highest BCUT2D eigenvalue weighted by Gasteiger charge is 2.44. The summed E-state index contributed by atoms with van der Waals surface area (Å²) in [4.78, 5) is 37.2. The van der Waals surface area contributed by atoms with Crippen molar-refractivity contribution in [1.82, 2.24) is 15.5 Å². The van der Waals surface area contributed by atoms with E-state index in [0.29, 0.717) is 12.8 Å². The van der Waals surface area contributed by atoms with E-state index < -0.39 is 18.0 Å². The summed E-state index contributed by atoms with van der Waals surface area (Å²) in [6, 6.07) is -1.10. The topological polar surface area (TPSA) is 105 Å². The van der Waals surface area contributed by atoms with Gasteiger partial charge in [-0.1, -0.05) is 0 Å². The Morgan fingerprint density at radius 1 is 1.40 bits per heavy atom. The van der Waals surface area contributed by atoms with Crippen LogP contribution in [0.3, 0.4) is 0 Å². The van der Waals surface area contributed by atoms with Crippen LogP contribution in [0.5, 0.6) is 0 Å². The van der Waals surface area contributed by atoms with Crippen LogP contribution in [0, 0.1) is 0 Å². The standard InChI is InChI=1S/C12H20N4O3S/c1-14-6-9(17)15-7-4-5-20-10-3-2-8(11(13)18)16(10)12(7)19/h7-8,10,14H,2-6H2,1H3,(H2,13,18)(H,15,17). The number of primary amides is 1. The van der Waals surface area contributed by atoms with Gasteiger partial charge in [-0.15, -0.1) is 11.8 Å². The van der Waals surface area contributed by atoms with E-state index in [4.69, 9.17) is 5.73 Å². The Hall–Kier alpha value is -1.28. The predicted molar refractivity (Wildman–Crippen MR) is 75.8 cm³/mol. The first kappa shape index (κ1) is 15.1. The number of hydrogen-bond acceptors (Lipinski definition) is 5. The summed E-state index contributed by atoms with van der Waals surface area (Å²) in [7, 11) is 1.67. The number of likely N-dealkylation sites (N-methyl/N-ethyl adjacent to an activating group) is 1. The van der Waals surface area contributed by atoms with E-state index in [1.807, 2.05) is 0 Å². The number of carbonyl (C=O) groups excluding carboxylic acids is 3. The predicted octanol–water partition coefficient (Wildman–Crippen LogP) is -1.37. The van der Waals surface area contributed by atoms with Gasteiger partial charge in [0.1, 0.15) is 12.1 Å². The first-order valence-electron chi connectivity index (χ1n) is 6.71. The molecule has 3 atom stereocenters. The van der Waals surface area contributed by atoms with Crippen LogP contribution in [0.4, 0.5) is 0 Å². The normalized spacial score (nSPS) is 29.8. The molecule has 0 aromatic carbocycles. The first-order chi connectivity index (χ1) is 9.54. The third-order valence-electron chi connectivity index (χ3n) is 3.60. The molecule has 4 N–H and O–H groups in total. The minimum atomic E-state index is -0.562. The van der Waals surface area contributed by atoms with E-state index in [2.05, 4.69) is 10.6 Å². The van der Waals surface area contributed by atoms with Crippen LogP contribution in [-0.4, -0.2) is 59.4 Å². The van der Waals surface area contributed by atoms with Gasteiger partial charge in [0.2, 0.25) is 17.7 Å². The average Bonchev–Trinajstić information content (AvgIpc) is 2.75. The molecule has 0 spiro atoms. The molecule has 0 radical (unpaired) electrons. The van der Waals surface area contributed by atoms with Crippen LogP contribution in [0.15, 0.2) is 0 Å². The molecule has 2 saturated heterocycles. The highest BCUT2D eigenvalue weighted by atomic mass is 32.2. The lowest BCUT2D eigenvalue weighted by molar-refractivity contribution is -0.140. The summed E-state index contributed by atoms with van der Waals surface area (Å²) < 4.78 is 0. The van der Waals surface area contributed by atoms with Crippen LogP contribution >= 0.6 is 11.8 Å². The van der Waals surface area contributed by atoms with Gasteiger partial charge < -0.3 is 21.3 Å². The second kappa shape index (κ2) is 6.45. The van der Waals surface area contributed by atoms with Crippen molar-refractivity contribution in [3.8, 4) is 0 Å². The lowest BCUT2D eigenvalue weighted by Crippen LogP contribution is -2.54. The number of nitrogens with one attached hydrogen (secondary N) is 2. The summed E-state index contributed by atoms with van der Waals surface area (Å²) in [5, 5.41) is 5.47. The Morgan fingerprint density at radius 2 is 2.15 bits per heavy atom. The molecule has 2 aliphatic heterocycles. The lowest BCUT2D eigenvalue weighted by atomic mass is 10.1. The van der Waals surface area contributed by atoms with Crippen molar-refractivity contribution in [3.05, 3.63) is 0 Å². The minimum Gasteiger partial charge on any atom is -0.368 e. The van der Waals surface area contributed by atoms with Crippen molar-refractivity contribution in [2.45, 2.75) is 36.7 Å². The summed E-state index contributed by atoms with van der Waals surface area (Å²) in [6.07, 6.45) is 1.97. The van der Waals surface area contributed by atoms with E-state index in [9.17, 15) is 14.4 Å². The maximum atomic E-state index is 12.6. The third kappa shape index (κ3) is 3.06. The number of rotatable bonds is 4. The Kier molecular flexibility index (Phi) is 4.87. The number of thioether (sulfide) groups is 1. The van der Waals surface area contributed by atoms with Gasteiger partial charge in [0.15, 0.2) is 0 Å². The van der Waals surface area contributed by atoms with Crippen LogP contribution in [0.25, 0.3) is 0 Å². The van der Waals surface area contributed by atoms with E-state index in [0.717, 1.165) is 12.2 Å². The molecule has 0 saturated carbocycles. The van der Waals surface area contributed by atoms with Gasteiger partial charge in [0, 0.05) is 0 Å². The van der Waals surface area contributed by atoms with Crippen LogP contribution in [0.1, 0.15) is 19.3 Å². The maximum absolute atomic E-state index is 12.6. The monoisotopic (exact) mass is 300 g/mol.